The molecule has 0 heterocycles. The van der Waals surface area contributed by atoms with E-state index in [1.165, 1.54) is 30.3 Å². The van der Waals surface area contributed by atoms with E-state index in [-0.39, 0.29) is 23.7 Å². The van der Waals surface area contributed by atoms with E-state index in [1.54, 1.807) is 13.0 Å². The fourth-order valence-electron chi connectivity index (χ4n) is 2.19. The molecule has 0 unspecified atom stereocenters. The molecule has 26 heavy (non-hydrogen) atoms. The van der Waals surface area contributed by atoms with Gasteiger partial charge in [0, 0.05) is 27.0 Å². The average Bonchev–Trinajstić information content (AvgIpc) is 2.55. The molecule has 0 aromatic heterocycles. The van der Waals surface area contributed by atoms with Gasteiger partial charge in [-0.2, -0.15) is 0 Å². The molecular weight excluding hydrogens is 381 g/mol. The highest BCUT2D eigenvalue weighted by Gasteiger charge is 2.06. The summed E-state index contributed by atoms with van der Waals surface area (Å²) in [7, 11) is 0. The monoisotopic (exact) mass is 400 g/mol. The van der Waals surface area contributed by atoms with E-state index < -0.39 is 0 Å². The van der Waals surface area contributed by atoms with Gasteiger partial charge in [-0.15, -0.1) is 0 Å². The van der Waals surface area contributed by atoms with Gasteiger partial charge in [-0.1, -0.05) is 35.2 Å². The highest BCUT2D eigenvalue weighted by atomic mass is 35.5. The summed E-state index contributed by atoms with van der Waals surface area (Å²) in [6.45, 7) is 3.61. The molecule has 2 aromatic carbocycles. The average molecular weight is 401 g/mol. The van der Waals surface area contributed by atoms with E-state index in [1.807, 2.05) is 6.92 Å². The Balaban J connectivity index is 0.000000263. The molecule has 0 aliphatic heterocycles. The minimum Gasteiger partial charge on any atom is -0.328 e. The zero-order chi connectivity index (χ0) is 19.7. The maximum absolute atomic E-state index is 12.8. The van der Waals surface area contributed by atoms with Crippen LogP contribution in [0.3, 0.4) is 0 Å². The van der Waals surface area contributed by atoms with Crippen molar-refractivity contribution in [3.05, 3.63) is 79.6 Å². The van der Waals surface area contributed by atoms with Crippen LogP contribution in [0.15, 0.2) is 41.5 Å². The number of rotatable bonds is 5. The summed E-state index contributed by atoms with van der Waals surface area (Å²) >= 11 is 11.7. The van der Waals surface area contributed by atoms with Crippen LogP contribution in [0.4, 0.5) is 8.78 Å². The van der Waals surface area contributed by atoms with Crippen LogP contribution in [-0.4, -0.2) is 12.1 Å². The predicted molar refractivity (Wildman–Crippen MR) is 102 cm³/mol. The van der Waals surface area contributed by atoms with Crippen molar-refractivity contribution in [3.8, 4) is 0 Å². The van der Waals surface area contributed by atoms with Gasteiger partial charge < -0.3 is 5.73 Å². The molecule has 0 aliphatic carbocycles. The summed E-state index contributed by atoms with van der Waals surface area (Å²) in [6.07, 6.45) is 1.05. The second-order valence-corrected chi connectivity index (χ2v) is 6.73. The van der Waals surface area contributed by atoms with Crippen LogP contribution in [0.1, 0.15) is 25.0 Å². The SMILES string of the molecule is C[C@@H](Cc1cc(F)ccc1Cl)N=[N+]=[N-].C[C@H](N)Cc1cc(F)ccc1Cl. The zero-order valence-corrected chi connectivity index (χ0v) is 16.0. The molecule has 2 N–H and O–H groups in total. The topological polar surface area (TPSA) is 74.8 Å². The van der Waals surface area contributed by atoms with Crippen molar-refractivity contribution in [2.75, 3.05) is 0 Å². The molecule has 2 atom stereocenters. The van der Waals surface area contributed by atoms with E-state index in [0.717, 1.165) is 5.56 Å². The first-order valence-electron chi connectivity index (χ1n) is 7.90. The number of hydrogen-bond donors (Lipinski definition) is 1. The molecule has 0 aliphatic rings. The largest absolute Gasteiger partial charge is 0.328 e. The summed E-state index contributed by atoms with van der Waals surface area (Å²) in [5.74, 6) is -0.604. The lowest BCUT2D eigenvalue weighted by Crippen LogP contribution is -2.18. The molecule has 0 bridgehead atoms. The first-order chi connectivity index (χ1) is 12.2. The van der Waals surface area contributed by atoms with Gasteiger partial charge in [-0.25, -0.2) is 8.78 Å². The Morgan fingerprint density at radius 2 is 1.46 bits per heavy atom. The summed E-state index contributed by atoms with van der Waals surface area (Å²) in [5.41, 5.74) is 15.2. The molecule has 0 radical (unpaired) electrons. The third kappa shape index (κ3) is 8.02. The van der Waals surface area contributed by atoms with Crippen LogP contribution in [0, 0.1) is 11.6 Å². The van der Waals surface area contributed by atoms with E-state index in [0.29, 0.717) is 28.5 Å². The van der Waals surface area contributed by atoms with Gasteiger partial charge in [0.1, 0.15) is 11.6 Å². The molecule has 0 saturated heterocycles. The van der Waals surface area contributed by atoms with Crippen LogP contribution in [0.25, 0.3) is 10.4 Å². The quantitative estimate of drug-likeness (QED) is 0.367. The summed E-state index contributed by atoms with van der Waals surface area (Å²) < 4.78 is 25.5. The van der Waals surface area contributed by atoms with Gasteiger partial charge in [0.05, 0.1) is 0 Å². The van der Waals surface area contributed by atoms with Crippen LogP contribution in [0.2, 0.25) is 10.0 Å². The first-order valence-corrected chi connectivity index (χ1v) is 8.66. The minimum atomic E-state index is -0.336. The molecule has 8 heteroatoms. The van der Waals surface area contributed by atoms with E-state index in [9.17, 15) is 8.78 Å². The lowest BCUT2D eigenvalue weighted by atomic mass is 10.1. The van der Waals surface area contributed by atoms with Crippen molar-refractivity contribution >= 4 is 23.2 Å². The first kappa shape index (κ1) is 22.2. The Hall–Kier alpha value is -1.85. The van der Waals surface area contributed by atoms with Gasteiger partial charge in [0.2, 0.25) is 0 Å². The fourth-order valence-corrected chi connectivity index (χ4v) is 2.58. The lowest BCUT2D eigenvalue weighted by Gasteiger charge is -2.06. The molecule has 0 spiro atoms. The van der Waals surface area contributed by atoms with Gasteiger partial charge in [-0.05, 0) is 72.8 Å². The number of halogens is 4. The van der Waals surface area contributed by atoms with Crippen LogP contribution < -0.4 is 5.73 Å². The van der Waals surface area contributed by atoms with Gasteiger partial charge in [-0.3, -0.25) is 0 Å². The Bertz CT molecular complexity index is 778. The van der Waals surface area contributed by atoms with Crippen LogP contribution in [0.5, 0.6) is 0 Å². The van der Waals surface area contributed by atoms with Gasteiger partial charge >= 0.3 is 0 Å². The normalized spacial score (nSPS) is 12.4. The second kappa shape index (κ2) is 11.0. The highest BCUT2D eigenvalue weighted by Crippen LogP contribution is 2.19. The third-order valence-electron chi connectivity index (χ3n) is 3.32. The Morgan fingerprint density at radius 3 is 1.88 bits per heavy atom. The van der Waals surface area contributed by atoms with E-state index >= 15 is 0 Å². The van der Waals surface area contributed by atoms with E-state index in [4.69, 9.17) is 34.5 Å². The molecular formula is C18H20Cl2F2N4. The Morgan fingerprint density at radius 1 is 1.00 bits per heavy atom. The maximum Gasteiger partial charge on any atom is 0.123 e. The molecule has 0 fully saturated rings. The van der Waals surface area contributed by atoms with Crippen molar-refractivity contribution in [1.82, 2.24) is 0 Å². The lowest BCUT2D eigenvalue weighted by molar-refractivity contribution is 0.622. The molecule has 0 amide bonds. The minimum absolute atomic E-state index is 0.00398. The number of azide groups is 1. The highest BCUT2D eigenvalue weighted by molar-refractivity contribution is 6.31. The van der Waals surface area contributed by atoms with E-state index in [2.05, 4.69) is 10.0 Å². The molecule has 2 rings (SSSR count). The molecule has 0 saturated carbocycles. The number of benzene rings is 2. The van der Waals surface area contributed by atoms with Crippen LogP contribution >= 0.6 is 23.2 Å². The molecule has 4 nitrogen and oxygen atoms in total. The fraction of sp³-hybridized carbons (Fsp3) is 0.333. The molecule has 140 valence electrons. The Labute approximate surface area is 161 Å². The predicted octanol–water partition coefficient (Wildman–Crippen LogP) is 6.09. The summed E-state index contributed by atoms with van der Waals surface area (Å²) in [6, 6.07) is 8.24. The Kier molecular flexibility index (Phi) is 9.38. The van der Waals surface area contributed by atoms with Crippen LogP contribution in [-0.2, 0) is 12.8 Å². The second-order valence-electron chi connectivity index (χ2n) is 5.91. The van der Waals surface area contributed by atoms with Crippen molar-refractivity contribution in [2.24, 2.45) is 10.8 Å². The van der Waals surface area contributed by atoms with Crippen molar-refractivity contribution in [3.63, 3.8) is 0 Å². The number of nitrogens with two attached hydrogens (primary N) is 1. The number of hydrogen-bond acceptors (Lipinski definition) is 2. The maximum atomic E-state index is 12.8. The van der Waals surface area contributed by atoms with Crippen molar-refractivity contribution < 1.29 is 8.78 Å². The molecule has 2 aromatic rings. The zero-order valence-electron chi connectivity index (χ0n) is 14.5. The van der Waals surface area contributed by atoms with Crippen molar-refractivity contribution in [2.45, 2.75) is 38.8 Å². The summed E-state index contributed by atoms with van der Waals surface area (Å²) in [5, 5.41) is 4.56. The third-order valence-corrected chi connectivity index (χ3v) is 4.06. The van der Waals surface area contributed by atoms with Gasteiger partial charge in [0.25, 0.3) is 0 Å². The van der Waals surface area contributed by atoms with Gasteiger partial charge in [0.15, 0.2) is 0 Å². The standard InChI is InChI=1S/C9H9ClFN3.C9H11ClFN/c1-6(13-14-12)4-7-5-8(11)2-3-9(7)10;1-6(12)4-7-5-8(11)2-3-9(7)10/h2-3,5-6H,4H2,1H3;2-3,5-6H,4,12H2,1H3/t2*6-/m00/s1. The van der Waals surface area contributed by atoms with Crippen molar-refractivity contribution in [1.29, 1.82) is 0 Å². The smallest absolute Gasteiger partial charge is 0.123 e. The number of nitrogens with zero attached hydrogens (tertiary/aromatic N) is 3. The summed E-state index contributed by atoms with van der Waals surface area (Å²) in [4.78, 5) is 2.67.